The van der Waals surface area contributed by atoms with Crippen LogP contribution in [-0.2, 0) is 14.3 Å². The summed E-state index contributed by atoms with van der Waals surface area (Å²) in [6, 6.07) is -1.43. The minimum absolute atomic E-state index is 0.410. The molecule has 0 rings (SSSR count). The number of ether oxygens (including phenoxy) is 2. The lowest BCUT2D eigenvalue weighted by molar-refractivity contribution is -0.139. The van der Waals surface area contributed by atoms with Crippen LogP contribution in [0.1, 0.15) is 20.8 Å². The predicted molar refractivity (Wildman–Crippen MR) is 80.4 cm³/mol. The zero-order chi connectivity index (χ0) is 17.6. The van der Waals surface area contributed by atoms with Crippen molar-refractivity contribution in [3.8, 4) is 0 Å². The number of alkyl carbamates (subject to hydrolysis) is 2. The van der Waals surface area contributed by atoms with E-state index >= 15 is 0 Å². The summed E-state index contributed by atoms with van der Waals surface area (Å²) in [6.07, 6.45) is -1.93. The minimum atomic E-state index is -1.81. The summed E-state index contributed by atoms with van der Waals surface area (Å²) in [5.74, 6) is -1.39. The third-order valence-electron chi connectivity index (χ3n) is 1.81. The zero-order valence-electron chi connectivity index (χ0n) is 12.1. The van der Waals surface area contributed by atoms with Gasteiger partial charge >= 0.3 is 18.2 Å². The summed E-state index contributed by atoms with van der Waals surface area (Å²) < 4.78 is 7.63. The number of rotatable bonds is 5. The Balaban J connectivity index is 4.36. The third kappa shape index (κ3) is 11.5. The summed E-state index contributed by atoms with van der Waals surface area (Å²) in [7, 11) is 0. The number of carbonyl (C=O) groups excluding carboxylic acids is 2. The number of alkyl halides is 3. The van der Waals surface area contributed by atoms with Crippen LogP contribution < -0.4 is 10.6 Å². The van der Waals surface area contributed by atoms with Gasteiger partial charge in [0.1, 0.15) is 18.2 Å². The van der Waals surface area contributed by atoms with Crippen molar-refractivity contribution in [3.63, 3.8) is 0 Å². The average molecular weight is 380 g/mol. The molecule has 0 aromatic rings. The fourth-order valence-electron chi connectivity index (χ4n) is 1.03. The van der Waals surface area contributed by atoms with Crippen molar-refractivity contribution in [1.82, 2.24) is 10.6 Å². The van der Waals surface area contributed by atoms with Gasteiger partial charge in [-0.05, 0) is 20.8 Å². The second-order valence-corrected chi connectivity index (χ2v) is 7.63. The Labute approximate surface area is 142 Å². The second-order valence-electron chi connectivity index (χ2n) is 5.11. The summed E-state index contributed by atoms with van der Waals surface area (Å²) in [6.45, 7) is 3.97. The molecule has 22 heavy (non-hydrogen) atoms. The number of carboxylic acid groups (broad SMARTS) is 1. The maximum atomic E-state index is 11.4. The van der Waals surface area contributed by atoms with Crippen molar-refractivity contribution in [1.29, 1.82) is 0 Å². The molecule has 0 fully saturated rings. The molecule has 0 heterocycles. The second kappa shape index (κ2) is 8.50. The largest absolute Gasteiger partial charge is 0.480 e. The van der Waals surface area contributed by atoms with Gasteiger partial charge in [-0.3, -0.25) is 0 Å². The molecule has 0 spiro atoms. The van der Waals surface area contributed by atoms with Gasteiger partial charge in [-0.1, -0.05) is 34.8 Å². The van der Waals surface area contributed by atoms with Crippen molar-refractivity contribution < 1.29 is 29.0 Å². The van der Waals surface area contributed by atoms with Gasteiger partial charge in [0.05, 0.1) is 6.54 Å². The molecule has 0 bridgehead atoms. The molecule has 0 aromatic heterocycles. The molecule has 3 N–H and O–H groups in total. The van der Waals surface area contributed by atoms with Crippen LogP contribution in [0.15, 0.2) is 0 Å². The van der Waals surface area contributed by atoms with Crippen LogP contribution in [-0.4, -0.2) is 51.8 Å². The molecule has 0 saturated carbocycles. The highest BCUT2D eigenvalue weighted by atomic mass is 35.6. The fraction of sp³-hybridized carbons (Fsp3) is 0.727. The highest BCUT2D eigenvalue weighted by Crippen LogP contribution is 2.25. The summed E-state index contributed by atoms with van der Waals surface area (Å²) >= 11 is 16.1. The number of carbonyl (C=O) groups is 3. The Morgan fingerprint density at radius 1 is 1.14 bits per heavy atom. The Hall–Kier alpha value is -1.12. The molecule has 0 radical (unpaired) electrons. The van der Waals surface area contributed by atoms with Crippen molar-refractivity contribution in [2.24, 2.45) is 0 Å². The first-order valence-electron chi connectivity index (χ1n) is 6.00. The third-order valence-corrected chi connectivity index (χ3v) is 2.13. The predicted octanol–water partition coefficient (Wildman–Crippen LogP) is 2.06. The molecular weight excluding hydrogens is 362 g/mol. The average Bonchev–Trinajstić information content (AvgIpc) is 2.28. The minimum Gasteiger partial charge on any atom is -0.480 e. The molecule has 8 nitrogen and oxygen atoms in total. The first-order chi connectivity index (χ1) is 9.80. The quantitative estimate of drug-likeness (QED) is 0.630. The van der Waals surface area contributed by atoms with E-state index in [1.807, 2.05) is 5.32 Å². The van der Waals surface area contributed by atoms with Gasteiger partial charge in [-0.15, -0.1) is 0 Å². The van der Waals surface area contributed by atoms with E-state index in [1.54, 1.807) is 20.8 Å². The molecule has 1 atom stereocenters. The molecule has 11 heteroatoms. The maximum absolute atomic E-state index is 11.4. The SMILES string of the molecule is CC(C)(C)OC(=O)NC[C@H](NC(=O)OCC(Cl)(Cl)Cl)C(=O)O. The van der Waals surface area contributed by atoms with Crippen LogP contribution in [0.4, 0.5) is 9.59 Å². The van der Waals surface area contributed by atoms with Crippen molar-refractivity contribution in [3.05, 3.63) is 0 Å². The zero-order valence-corrected chi connectivity index (χ0v) is 14.4. The molecule has 0 aliphatic carbocycles. The van der Waals surface area contributed by atoms with Gasteiger partial charge in [0, 0.05) is 0 Å². The monoisotopic (exact) mass is 378 g/mol. The van der Waals surface area contributed by atoms with Gasteiger partial charge in [0.15, 0.2) is 0 Å². The number of hydrogen-bond acceptors (Lipinski definition) is 5. The number of hydrogen-bond donors (Lipinski definition) is 3. The van der Waals surface area contributed by atoms with E-state index in [0.717, 1.165) is 0 Å². The van der Waals surface area contributed by atoms with Crippen LogP contribution in [0.3, 0.4) is 0 Å². The van der Waals surface area contributed by atoms with Crippen molar-refractivity contribution in [2.75, 3.05) is 13.2 Å². The van der Waals surface area contributed by atoms with Crippen LogP contribution in [0, 0.1) is 0 Å². The van der Waals surface area contributed by atoms with Gasteiger partial charge in [0.2, 0.25) is 3.79 Å². The Bertz CT molecular complexity index is 419. The number of aliphatic carboxylic acids is 1. The molecule has 128 valence electrons. The molecule has 0 aliphatic heterocycles. The van der Waals surface area contributed by atoms with Crippen molar-refractivity contribution in [2.45, 2.75) is 36.2 Å². The van der Waals surface area contributed by atoms with Gasteiger partial charge in [0.25, 0.3) is 0 Å². The Kier molecular flexibility index (Phi) is 8.06. The molecule has 0 saturated heterocycles. The molecule has 0 aromatic carbocycles. The lowest BCUT2D eigenvalue weighted by atomic mass is 10.2. The van der Waals surface area contributed by atoms with E-state index in [2.05, 4.69) is 10.1 Å². The first kappa shape index (κ1) is 20.9. The molecule has 0 aliphatic rings. The van der Waals surface area contributed by atoms with Crippen LogP contribution in [0.2, 0.25) is 0 Å². The summed E-state index contributed by atoms with van der Waals surface area (Å²) in [5, 5.41) is 13.2. The lowest BCUT2D eigenvalue weighted by Crippen LogP contribution is -2.49. The highest BCUT2D eigenvalue weighted by molar-refractivity contribution is 6.67. The number of amides is 2. The highest BCUT2D eigenvalue weighted by Gasteiger charge is 2.26. The number of carboxylic acids is 1. The van der Waals surface area contributed by atoms with E-state index in [9.17, 15) is 14.4 Å². The van der Waals surface area contributed by atoms with Crippen LogP contribution in [0.5, 0.6) is 0 Å². The summed E-state index contributed by atoms with van der Waals surface area (Å²) in [5.41, 5.74) is -0.737. The van der Waals surface area contributed by atoms with Gasteiger partial charge < -0.3 is 25.2 Å². The standard InChI is InChI=1S/C11H17Cl3N2O6/c1-10(2,3)22-8(19)15-4-6(7(17)18)16-9(20)21-5-11(12,13)14/h6H,4-5H2,1-3H3,(H,15,19)(H,16,20)(H,17,18)/t6-/m0/s1. The van der Waals surface area contributed by atoms with Gasteiger partial charge in [-0.2, -0.15) is 0 Å². The normalized spacial score (nSPS) is 13.0. The first-order valence-corrected chi connectivity index (χ1v) is 7.13. The lowest BCUT2D eigenvalue weighted by Gasteiger charge is -2.21. The van der Waals surface area contributed by atoms with Gasteiger partial charge in [-0.25, -0.2) is 14.4 Å². The number of halogens is 3. The number of nitrogens with one attached hydrogen (secondary N) is 2. The maximum Gasteiger partial charge on any atom is 0.408 e. The van der Waals surface area contributed by atoms with Crippen LogP contribution in [0.25, 0.3) is 0 Å². The van der Waals surface area contributed by atoms with E-state index in [4.69, 9.17) is 44.6 Å². The topological polar surface area (TPSA) is 114 Å². The van der Waals surface area contributed by atoms with E-state index in [-0.39, 0.29) is 0 Å². The smallest absolute Gasteiger partial charge is 0.408 e. The Morgan fingerprint density at radius 3 is 2.09 bits per heavy atom. The fourth-order valence-corrected chi connectivity index (χ4v) is 1.19. The Morgan fingerprint density at radius 2 is 1.68 bits per heavy atom. The molecule has 0 unspecified atom stereocenters. The van der Waals surface area contributed by atoms with Crippen LogP contribution >= 0.6 is 34.8 Å². The molecule has 2 amide bonds. The van der Waals surface area contributed by atoms with Crippen molar-refractivity contribution >= 4 is 53.0 Å². The van der Waals surface area contributed by atoms with E-state index in [1.165, 1.54) is 0 Å². The molecular formula is C11H17Cl3N2O6. The van der Waals surface area contributed by atoms with E-state index in [0.29, 0.717) is 0 Å². The summed E-state index contributed by atoms with van der Waals surface area (Å²) in [4.78, 5) is 33.8. The van der Waals surface area contributed by atoms with E-state index < -0.39 is 46.7 Å².